The minimum Gasteiger partial charge on any atom is -0.467 e. The van der Waals surface area contributed by atoms with Gasteiger partial charge < -0.3 is 14.5 Å². The SMILES string of the molecule is Cn1cc(CN2CC[C@@H]3O[C@H](C(=O)NCc4ccco4)CC[C@@H]32)cn1. The Morgan fingerprint density at radius 3 is 3.08 bits per heavy atom. The van der Waals surface area contributed by atoms with Crippen molar-refractivity contribution >= 4 is 5.91 Å². The molecule has 4 heterocycles. The van der Waals surface area contributed by atoms with Crippen molar-refractivity contribution in [2.45, 2.75) is 50.6 Å². The van der Waals surface area contributed by atoms with Gasteiger partial charge in [-0.15, -0.1) is 0 Å². The van der Waals surface area contributed by atoms with Gasteiger partial charge in [-0.1, -0.05) is 0 Å². The summed E-state index contributed by atoms with van der Waals surface area (Å²) in [6.07, 6.45) is 8.10. The number of amides is 1. The normalized spacial score (nSPS) is 26.5. The van der Waals surface area contributed by atoms with Gasteiger partial charge in [0.2, 0.25) is 5.91 Å². The number of carbonyl (C=O) groups is 1. The molecule has 0 aliphatic carbocycles. The molecule has 0 bridgehead atoms. The van der Waals surface area contributed by atoms with E-state index in [2.05, 4.69) is 21.5 Å². The lowest BCUT2D eigenvalue weighted by Gasteiger charge is -2.35. The lowest BCUT2D eigenvalue weighted by Crippen LogP contribution is -2.47. The molecule has 0 spiro atoms. The number of rotatable bonds is 5. The molecule has 2 aliphatic rings. The van der Waals surface area contributed by atoms with Crippen LogP contribution in [-0.2, 0) is 29.7 Å². The molecule has 4 rings (SSSR count). The Balaban J connectivity index is 1.29. The summed E-state index contributed by atoms with van der Waals surface area (Å²) in [5.41, 5.74) is 1.22. The van der Waals surface area contributed by atoms with Crippen LogP contribution in [0.5, 0.6) is 0 Å². The number of furan rings is 1. The van der Waals surface area contributed by atoms with E-state index in [-0.39, 0.29) is 18.1 Å². The van der Waals surface area contributed by atoms with E-state index in [0.717, 1.165) is 38.1 Å². The summed E-state index contributed by atoms with van der Waals surface area (Å²) in [6, 6.07) is 4.07. The van der Waals surface area contributed by atoms with Crippen LogP contribution in [0, 0.1) is 0 Å². The molecule has 7 heteroatoms. The standard InChI is InChI=1S/C18H24N4O3/c1-21-11-13(9-20-21)12-22-7-6-16-15(22)4-5-17(25-16)18(23)19-10-14-3-2-8-24-14/h2-3,8-9,11,15-17H,4-7,10,12H2,1H3,(H,19,23)/t15-,16-,17-/m0/s1. The highest BCUT2D eigenvalue weighted by Crippen LogP contribution is 2.32. The van der Waals surface area contributed by atoms with Gasteiger partial charge in [0.25, 0.3) is 0 Å². The van der Waals surface area contributed by atoms with E-state index in [1.807, 2.05) is 30.1 Å². The molecule has 2 aromatic rings. The molecule has 0 radical (unpaired) electrons. The monoisotopic (exact) mass is 344 g/mol. The van der Waals surface area contributed by atoms with Crippen LogP contribution in [0.3, 0.4) is 0 Å². The highest BCUT2D eigenvalue weighted by Gasteiger charge is 2.41. The Morgan fingerprint density at radius 2 is 2.32 bits per heavy atom. The summed E-state index contributed by atoms with van der Waals surface area (Å²) in [6.45, 7) is 2.31. The van der Waals surface area contributed by atoms with Gasteiger partial charge in [0.15, 0.2) is 0 Å². The lowest BCUT2D eigenvalue weighted by molar-refractivity contribution is -0.144. The zero-order valence-corrected chi connectivity index (χ0v) is 14.4. The zero-order valence-electron chi connectivity index (χ0n) is 14.4. The predicted octanol–water partition coefficient (Wildman–Crippen LogP) is 1.45. The molecule has 2 aromatic heterocycles. The van der Waals surface area contributed by atoms with Crippen LogP contribution in [0.2, 0.25) is 0 Å². The molecule has 2 saturated heterocycles. The van der Waals surface area contributed by atoms with E-state index in [0.29, 0.717) is 12.6 Å². The summed E-state index contributed by atoms with van der Waals surface area (Å²) in [5, 5.41) is 7.14. The van der Waals surface area contributed by atoms with E-state index in [9.17, 15) is 4.79 Å². The van der Waals surface area contributed by atoms with Crippen molar-refractivity contribution in [1.29, 1.82) is 0 Å². The van der Waals surface area contributed by atoms with E-state index >= 15 is 0 Å². The maximum Gasteiger partial charge on any atom is 0.249 e. The Bertz CT molecular complexity index is 712. The molecule has 1 amide bonds. The van der Waals surface area contributed by atoms with E-state index in [4.69, 9.17) is 9.15 Å². The van der Waals surface area contributed by atoms with Gasteiger partial charge in [-0.2, -0.15) is 5.10 Å². The number of hydrogen-bond acceptors (Lipinski definition) is 5. The van der Waals surface area contributed by atoms with Gasteiger partial charge in [0.05, 0.1) is 25.1 Å². The Kier molecular flexibility index (Phi) is 4.59. The van der Waals surface area contributed by atoms with E-state index < -0.39 is 0 Å². The molecule has 0 unspecified atom stereocenters. The average molecular weight is 344 g/mol. The Hall–Kier alpha value is -2.12. The fraction of sp³-hybridized carbons (Fsp3) is 0.556. The fourth-order valence-electron chi connectivity index (χ4n) is 3.89. The predicted molar refractivity (Wildman–Crippen MR) is 90.5 cm³/mol. The third-order valence-corrected chi connectivity index (χ3v) is 5.12. The van der Waals surface area contributed by atoms with Crippen molar-refractivity contribution in [3.8, 4) is 0 Å². The summed E-state index contributed by atoms with van der Waals surface area (Å²) < 4.78 is 13.2. The van der Waals surface area contributed by atoms with E-state index in [1.54, 1.807) is 6.26 Å². The summed E-state index contributed by atoms with van der Waals surface area (Å²) in [5.74, 6) is 0.714. The van der Waals surface area contributed by atoms with Crippen molar-refractivity contribution in [3.05, 3.63) is 42.1 Å². The van der Waals surface area contributed by atoms with Crippen LogP contribution < -0.4 is 5.32 Å². The number of nitrogens with zero attached hydrogens (tertiary/aromatic N) is 3. The number of hydrogen-bond donors (Lipinski definition) is 1. The molecule has 134 valence electrons. The molecule has 1 N–H and O–H groups in total. The maximum atomic E-state index is 12.4. The van der Waals surface area contributed by atoms with Crippen molar-refractivity contribution in [3.63, 3.8) is 0 Å². The molecule has 0 saturated carbocycles. The molecule has 3 atom stereocenters. The summed E-state index contributed by atoms with van der Waals surface area (Å²) >= 11 is 0. The number of aryl methyl sites for hydroxylation is 1. The molecule has 2 fully saturated rings. The molecule has 7 nitrogen and oxygen atoms in total. The van der Waals surface area contributed by atoms with Gasteiger partial charge in [-0.25, -0.2) is 0 Å². The third kappa shape index (κ3) is 3.62. The van der Waals surface area contributed by atoms with Gasteiger partial charge in [0, 0.05) is 37.9 Å². The summed E-state index contributed by atoms with van der Waals surface area (Å²) in [7, 11) is 1.94. The largest absolute Gasteiger partial charge is 0.467 e. The minimum absolute atomic E-state index is 0.0411. The van der Waals surface area contributed by atoms with Gasteiger partial charge in [-0.05, 0) is 31.4 Å². The number of fused-ring (bicyclic) bond motifs is 1. The van der Waals surface area contributed by atoms with Crippen molar-refractivity contribution < 1.29 is 13.9 Å². The van der Waals surface area contributed by atoms with E-state index in [1.165, 1.54) is 5.56 Å². The first-order valence-corrected chi connectivity index (χ1v) is 8.86. The van der Waals surface area contributed by atoms with Crippen LogP contribution >= 0.6 is 0 Å². The molecule has 25 heavy (non-hydrogen) atoms. The topological polar surface area (TPSA) is 72.5 Å². The highest BCUT2D eigenvalue weighted by molar-refractivity contribution is 5.80. The highest BCUT2D eigenvalue weighted by atomic mass is 16.5. The average Bonchev–Trinajstić information content (AvgIpc) is 3.35. The van der Waals surface area contributed by atoms with Crippen LogP contribution in [0.4, 0.5) is 0 Å². The second-order valence-electron chi connectivity index (χ2n) is 6.89. The van der Waals surface area contributed by atoms with Crippen LogP contribution in [-0.4, -0.2) is 45.4 Å². The lowest BCUT2D eigenvalue weighted by atomic mass is 9.98. The van der Waals surface area contributed by atoms with Crippen LogP contribution in [0.15, 0.2) is 35.2 Å². The fourth-order valence-corrected chi connectivity index (χ4v) is 3.89. The number of ether oxygens (including phenoxy) is 1. The smallest absolute Gasteiger partial charge is 0.249 e. The van der Waals surface area contributed by atoms with Gasteiger partial charge in [0.1, 0.15) is 11.9 Å². The molecular weight excluding hydrogens is 320 g/mol. The first kappa shape index (κ1) is 16.4. The van der Waals surface area contributed by atoms with Crippen LogP contribution in [0.25, 0.3) is 0 Å². The van der Waals surface area contributed by atoms with Crippen LogP contribution in [0.1, 0.15) is 30.6 Å². The quantitative estimate of drug-likeness (QED) is 0.889. The minimum atomic E-state index is -0.352. The number of carbonyl (C=O) groups excluding carboxylic acids is 1. The Labute approximate surface area is 146 Å². The first-order chi connectivity index (χ1) is 12.2. The van der Waals surface area contributed by atoms with Crippen molar-refractivity contribution in [2.24, 2.45) is 7.05 Å². The second-order valence-corrected chi connectivity index (χ2v) is 6.89. The second kappa shape index (κ2) is 7.01. The molecule has 2 aliphatic heterocycles. The van der Waals surface area contributed by atoms with Gasteiger partial charge in [-0.3, -0.25) is 14.4 Å². The summed E-state index contributed by atoms with van der Waals surface area (Å²) in [4.78, 5) is 14.8. The first-order valence-electron chi connectivity index (χ1n) is 8.86. The van der Waals surface area contributed by atoms with Crippen molar-refractivity contribution in [1.82, 2.24) is 20.0 Å². The maximum absolute atomic E-state index is 12.4. The van der Waals surface area contributed by atoms with Crippen molar-refractivity contribution in [2.75, 3.05) is 6.54 Å². The molecular formula is C18H24N4O3. The van der Waals surface area contributed by atoms with Gasteiger partial charge >= 0.3 is 0 Å². The molecule has 0 aromatic carbocycles. The zero-order chi connectivity index (χ0) is 17.2. The number of nitrogens with one attached hydrogen (secondary N) is 1. The number of likely N-dealkylation sites (tertiary alicyclic amines) is 1. The Morgan fingerprint density at radius 1 is 1.40 bits per heavy atom. The third-order valence-electron chi connectivity index (χ3n) is 5.12. The number of aromatic nitrogens is 2.